The van der Waals surface area contributed by atoms with Crippen molar-refractivity contribution in [1.82, 2.24) is 5.16 Å². The number of rotatable bonds is 5. The summed E-state index contributed by atoms with van der Waals surface area (Å²) in [5.74, 6) is 2.21. The molecule has 0 unspecified atom stereocenters. The molecule has 2 aromatic carbocycles. The van der Waals surface area contributed by atoms with Crippen molar-refractivity contribution >= 4 is 11.0 Å². The number of benzene rings is 2. The molecule has 5 nitrogen and oxygen atoms in total. The summed E-state index contributed by atoms with van der Waals surface area (Å²) in [6, 6.07) is 13.0. The third-order valence-corrected chi connectivity index (χ3v) is 3.17. The number of aromatic nitrogens is 1. The lowest BCUT2D eigenvalue weighted by Gasteiger charge is -2.06. The van der Waals surface area contributed by atoms with Crippen molar-refractivity contribution in [3.63, 3.8) is 0 Å². The Morgan fingerprint density at radius 3 is 2.52 bits per heavy atom. The number of methoxy groups -OCH3 is 2. The van der Waals surface area contributed by atoms with Crippen LogP contribution >= 0.6 is 0 Å². The minimum absolute atomic E-state index is 0.326. The number of nitrogens with zero attached hydrogens (tertiary/aromatic N) is 1. The molecule has 0 fully saturated rings. The predicted octanol–water partition coefficient (Wildman–Crippen LogP) is 3.42. The van der Waals surface area contributed by atoms with Gasteiger partial charge in [-0.15, -0.1) is 0 Å². The summed E-state index contributed by atoms with van der Waals surface area (Å²) >= 11 is 0. The Balaban J connectivity index is 1.78. The van der Waals surface area contributed by atoms with E-state index in [1.165, 1.54) is 0 Å². The Kier molecular flexibility index (Phi) is 3.64. The third-order valence-electron chi connectivity index (χ3n) is 3.17. The number of hydrogen-bond donors (Lipinski definition) is 0. The van der Waals surface area contributed by atoms with E-state index in [0.717, 1.165) is 28.3 Å². The number of hydrogen-bond acceptors (Lipinski definition) is 5. The van der Waals surface area contributed by atoms with Crippen LogP contribution in [0, 0.1) is 0 Å². The first kappa shape index (κ1) is 13.3. The molecule has 0 saturated heterocycles. The topological polar surface area (TPSA) is 53.7 Å². The summed E-state index contributed by atoms with van der Waals surface area (Å²) in [6.45, 7) is 0.326. The highest BCUT2D eigenvalue weighted by atomic mass is 16.5. The standard InChI is InChI=1S/C16H15NO4/c1-18-11-4-3-5-13(8-11)20-10-15-14-7-6-12(19-2)9-16(14)21-17-15/h3-9H,10H2,1-2H3. The van der Waals surface area contributed by atoms with Gasteiger partial charge in [0.05, 0.1) is 14.2 Å². The summed E-state index contributed by atoms with van der Waals surface area (Å²) in [4.78, 5) is 0. The van der Waals surface area contributed by atoms with Gasteiger partial charge in [-0.05, 0) is 24.3 Å². The monoisotopic (exact) mass is 285 g/mol. The van der Waals surface area contributed by atoms with Gasteiger partial charge in [0.2, 0.25) is 0 Å². The molecule has 3 aromatic rings. The van der Waals surface area contributed by atoms with E-state index in [2.05, 4.69) is 5.16 Å². The minimum atomic E-state index is 0.326. The Labute approximate surface area is 122 Å². The average Bonchev–Trinajstić information content (AvgIpc) is 2.95. The highest BCUT2D eigenvalue weighted by Crippen LogP contribution is 2.25. The van der Waals surface area contributed by atoms with E-state index >= 15 is 0 Å². The maximum atomic E-state index is 5.72. The highest BCUT2D eigenvalue weighted by Gasteiger charge is 2.10. The largest absolute Gasteiger partial charge is 0.497 e. The van der Waals surface area contributed by atoms with Crippen LogP contribution in [0.2, 0.25) is 0 Å². The molecule has 1 aromatic heterocycles. The molecule has 0 bridgehead atoms. The van der Waals surface area contributed by atoms with E-state index in [1.54, 1.807) is 20.3 Å². The fourth-order valence-corrected chi connectivity index (χ4v) is 2.04. The van der Waals surface area contributed by atoms with Crippen LogP contribution in [0.3, 0.4) is 0 Å². The first-order valence-electron chi connectivity index (χ1n) is 6.49. The van der Waals surface area contributed by atoms with Crippen molar-refractivity contribution in [3.05, 3.63) is 48.2 Å². The summed E-state index contributed by atoms with van der Waals surface area (Å²) in [5.41, 5.74) is 1.43. The van der Waals surface area contributed by atoms with Crippen molar-refractivity contribution < 1.29 is 18.7 Å². The second-order valence-electron chi connectivity index (χ2n) is 4.46. The van der Waals surface area contributed by atoms with Gasteiger partial charge in [0.25, 0.3) is 0 Å². The van der Waals surface area contributed by atoms with Crippen LogP contribution in [-0.2, 0) is 6.61 Å². The van der Waals surface area contributed by atoms with Crippen LogP contribution in [0.4, 0.5) is 0 Å². The van der Waals surface area contributed by atoms with Gasteiger partial charge >= 0.3 is 0 Å². The molecule has 21 heavy (non-hydrogen) atoms. The fraction of sp³-hybridized carbons (Fsp3) is 0.188. The van der Waals surface area contributed by atoms with Crippen LogP contribution in [0.5, 0.6) is 17.2 Å². The van der Waals surface area contributed by atoms with Gasteiger partial charge in [-0.1, -0.05) is 11.2 Å². The van der Waals surface area contributed by atoms with Crippen molar-refractivity contribution in [1.29, 1.82) is 0 Å². The van der Waals surface area contributed by atoms with E-state index in [1.807, 2.05) is 36.4 Å². The van der Waals surface area contributed by atoms with Gasteiger partial charge in [0.1, 0.15) is 29.5 Å². The van der Waals surface area contributed by atoms with E-state index in [4.69, 9.17) is 18.7 Å². The van der Waals surface area contributed by atoms with Crippen LogP contribution in [0.15, 0.2) is 47.0 Å². The van der Waals surface area contributed by atoms with Gasteiger partial charge < -0.3 is 18.7 Å². The lowest BCUT2D eigenvalue weighted by molar-refractivity contribution is 0.290. The Bertz CT molecular complexity index is 751. The summed E-state index contributed by atoms with van der Waals surface area (Å²) < 4.78 is 21.3. The molecule has 0 aliphatic carbocycles. The molecule has 0 N–H and O–H groups in total. The fourth-order valence-electron chi connectivity index (χ4n) is 2.04. The van der Waals surface area contributed by atoms with Crippen molar-refractivity contribution in [2.45, 2.75) is 6.61 Å². The molecule has 0 amide bonds. The summed E-state index contributed by atoms with van der Waals surface area (Å²) in [5, 5.41) is 4.96. The molecule has 0 aliphatic rings. The number of fused-ring (bicyclic) bond motifs is 1. The highest BCUT2D eigenvalue weighted by molar-refractivity contribution is 5.80. The maximum absolute atomic E-state index is 5.72. The van der Waals surface area contributed by atoms with Gasteiger partial charge in [-0.3, -0.25) is 0 Å². The molecule has 0 aliphatic heterocycles. The molecule has 108 valence electrons. The van der Waals surface area contributed by atoms with Crippen molar-refractivity contribution in [2.75, 3.05) is 14.2 Å². The van der Waals surface area contributed by atoms with Crippen LogP contribution < -0.4 is 14.2 Å². The molecule has 5 heteroatoms. The second-order valence-corrected chi connectivity index (χ2v) is 4.46. The first-order valence-corrected chi connectivity index (χ1v) is 6.49. The zero-order chi connectivity index (χ0) is 14.7. The van der Waals surface area contributed by atoms with Crippen LogP contribution in [0.1, 0.15) is 5.69 Å². The molecular weight excluding hydrogens is 270 g/mol. The zero-order valence-electron chi connectivity index (χ0n) is 11.8. The molecule has 0 atom stereocenters. The molecule has 0 spiro atoms. The molecule has 3 rings (SSSR count). The Morgan fingerprint density at radius 2 is 1.71 bits per heavy atom. The van der Waals surface area contributed by atoms with Gasteiger partial charge in [0.15, 0.2) is 5.58 Å². The Morgan fingerprint density at radius 1 is 0.952 bits per heavy atom. The van der Waals surface area contributed by atoms with E-state index < -0.39 is 0 Å². The van der Waals surface area contributed by atoms with Gasteiger partial charge in [-0.2, -0.15) is 0 Å². The second kappa shape index (κ2) is 5.75. The SMILES string of the molecule is COc1cccc(OCc2noc3cc(OC)ccc23)c1. The van der Waals surface area contributed by atoms with Gasteiger partial charge in [0, 0.05) is 17.5 Å². The van der Waals surface area contributed by atoms with Crippen molar-refractivity contribution in [3.8, 4) is 17.2 Å². The lowest BCUT2D eigenvalue weighted by atomic mass is 10.2. The molecule has 0 radical (unpaired) electrons. The van der Waals surface area contributed by atoms with E-state index in [-0.39, 0.29) is 0 Å². The normalized spacial score (nSPS) is 10.6. The molecule has 1 heterocycles. The number of ether oxygens (including phenoxy) is 3. The van der Waals surface area contributed by atoms with Crippen LogP contribution in [0.25, 0.3) is 11.0 Å². The predicted molar refractivity (Wildman–Crippen MR) is 77.9 cm³/mol. The van der Waals surface area contributed by atoms with Crippen molar-refractivity contribution in [2.24, 2.45) is 0 Å². The van der Waals surface area contributed by atoms with E-state index in [0.29, 0.717) is 12.2 Å². The Hall–Kier alpha value is -2.69. The summed E-state index contributed by atoms with van der Waals surface area (Å²) in [7, 11) is 3.24. The van der Waals surface area contributed by atoms with Crippen LogP contribution in [-0.4, -0.2) is 19.4 Å². The van der Waals surface area contributed by atoms with E-state index in [9.17, 15) is 0 Å². The zero-order valence-corrected chi connectivity index (χ0v) is 11.8. The first-order chi connectivity index (χ1) is 10.3. The minimum Gasteiger partial charge on any atom is -0.497 e. The molecular formula is C16H15NO4. The third kappa shape index (κ3) is 2.76. The quantitative estimate of drug-likeness (QED) is 0.719. The molecule has 0 saturated carbocycles. The average molecular weight is 285 g/mol. The maximum Gasteiger partial charge on any atom is 0.170 e. The summed E-state index contributed by atoms with van der Waals surface area (Å²) in [6.07, 6.45) is 0. The lowest BCUT2D eigenvalue weighted by Crippen LogP contribution is -1.96. The smallest absolute Gasteiger partial charge is 0.170 e. The van der Waals surface area contributed by atoms with Gasteiger partial charge in [-0.25, -0.2) is 0 Å².